The van der Waals surface area contributed by atoms with Crippen molar-refractivity contribution in [3.05, 3.63) is 95.3 Å². The topological polar surface area (TPSA) is 172 Å². The molecule has 260 valence electrons. The summed E-state index contributed by atoms with van der Waals surface area (Å²) in [7, 11) is -3.95. The van der Waals surface area contributed by atoms with E-state index in [0.29, 0.717) is 39.4 Å². The van der Waals surface area contributed by atoms with Gasteiger partial charge in [0.05, 0.1) is 28.0 Å². The van der Waals surface area contributed by atoms with E-state index in [0.717, 1.165) is 29.0 Å². The first-order valence-electron chi connectivity index (χ1n) is 14.7. The zero-order chi connectivity index (χ0) is 35.2. The normalized spacial score (nSPS) is 13.3. The van der Waals surface area contributed by atoms with Crippen LogP contribution in [0.1, 0.15) is 28.4 Å². The quantitative estimate of drug-likeness (QED) is 0.123. The van der Waals surface area contributed by atoms with E-state index in [2.05, 4.69) is 20.6 Å². The van der Waals surface area contributed by atoms with Crippen molar-refractivity contribution < 1.29 is 45.4 Å². The second kappa shape index (κ2) is 15.3. The van der Waals surface area contributed by atoms with E-state index in [1.54, 1.807) is 53.3 Å². The molecule has 4 N–H and O–H groups in total. The number of carboxylic acid groups (broad SMARTS) is 1. The average molecular weight is 723 g/mol. The fraction of sp³-hybridized carbons (Fsp3) is 0.290. The average Bonchev–Trinajstić information content (AvgIpc) is 3.72. The summed E-state index contributed by atoms with van der Waals surface area (Å²) in [6.07, 6.45) is -2.58. The van der Waals surface area contributed by atoms with Crippen molar-refractivity contribution in [3.8, 4) is 11.5 Å². The number of benzene rings is 3. The first kappa shape index (κ1) is 35.7. The predicted molar refractivity (Wildman–Crippen MR) is 171 cm³/mol. The zero-order valence-electron chi connectivity index (χ0n) is 25.5. The Balaban J connectivity index is 1.30. The zero-order valence-corrected chi connectivity index (χ0v) is 27.1. The summed E-state index contributed by atoms with van der Waals surface area (Å²) < 4.78 is 87.9. The number of ether oxygens (including phenoxy) is 2. The van der Waals surface area contributed by atoms with E-state index in [4.69, 9.17) is 14.6 Å². The van der Waals surface area contributed by atoms with Crippen LogP contribution in [0.2, 0.25) is 0 Å². The first-order valence-corrected chi connectivity index (χ1v) is 17.0. The maximum absolute atomic E-state index is 13.0. The molecule has 5 rings (SSSR count). The van der Waals surface area contributed by atoms with E-state index in [1.165, 1.54) is 12.1 Å². The second-order valence-corrected chi connectivity index (χ2v) is 13.6. The minimum absolute atomic E-state index is 0.00121. The molecule has 0 bridgehead atoms. The smallest absolute Gasteiger partial charge is 0.416 e. The van der Waals surface area contributed by atoms with Gasteiger partial charge >= 0.3 is 12.1 Å². The molecule has 12 nitrogen and oxygen atoms in total. The molecule has 5 aromatic rings. The minimum Gasteiger partial charge on any atom is -0.491 e. The van der Waals surface area contributed by atoms with Crippen LogP contribution in [0.3, 0.4) is 0 Å². The summed E-state index contributed by atoms with van der Waals surface area (Å²) in [5.74, 6) is -0.279. The molecule has 0 unspecified atom stereocenters. The lowest BCUT2D eigenvalue weighted by Gasteiger charge is -2.21. The fourth-order valence-corrected chi connectivity index (χ4v) is 6.50. The van der Waals surface area contributed by atoms with Gasteiger partial charge in [-0.15, -0.1) is 16.4 Å². The number of primary sulfonamides is 1. The van der Waals surface area contributed by atoms with Crippen LogP contribution in [-0.4, -0.2) is 65.3 Å². The third-order valence-corrected chi connectivity index (χ3v) is 9.60. The molecular formula is C31H30F4N6O6S2. The number of rotatable bonds is 16. The first-order chi connectivity index (χ1) is 23.3. The van der Waals surface area contributed by atoms with Crippen LogP contribution in [0.5, 0.6) is 11.5 Å². The minimum atomic E-state index is -4.51. The highest BCUT2D eigenvalue weighted by atomic mass is 32.2. The van der Waals surface area contributed by atoms with Crippen LogP contribution in [0.25, 0.3) is 10.2 Å². The molecule has 3 aromatic carbocycles. The molecule has 0 radical (unpaired) electrons. The van der Waals surface area contributed by atoms with Crippen LogP contribution in [0, 0.1) is 0 Å². The second-order valence-electron chi connectivity index (χ2n) is 10.9. The van der Waals surface area contributed by atoms with Gasteiger partial charge in [-0.25, -0.2) is 27.6 Å². The van der Waals surface area contributed by atoms with Gasteiger partial charge in [0.2, 0.25) is 4.34 Å². The highest BCUT2D eigenvalue weighted by Gasteiger charge is 2.30. The molecule has 0 saturated carbocycles. The van der Waals surface area contributed by atoms with Gasteiger partial charge in [-0.2, -0.15) is 13.2 Å². The van der Waals surface area contributed by atoms with Gasteiger partial charge in [0, 0.05) is 6.54 Å². The number of aromatic nitrogens is 4. The highest BCUT2D eigenvalue weighted by Crippen LogP contribution is 2.30. The molecule has 49 heavy (non-hydrogen) atoms. The number of hydrogen-bond donors (Lipinski definition) is 3. The van der Waals surface area contributed by atoms with Crippen molar-refractivity contribution in [3.63, 3.8) is 0 Å². The van der Waals surface area contributed by atoms with E-state index in [-0.39, 0.29) is 30.5 Å². The Bertz CT molecular complexity index is 1990. The number of hydrogen-bond acceptors (Lipinski definition) is 10. The molecule has 0 amide bonds. The van der Waals surface area contributed by atoms with E-state index >= 15 is 0 Å². The van der Waals surface area contributed by atoms with Crippen molar-refractivity contribution in [2.45, 2.75) is 42.0 Å². The number of aliphatic carboxylic acids is 1. The standard InChI is InChI=1S/C31H30F4N6O6S2/c32-11-12-46-24-7-3-19(4-8-24)13-23(16-37-27(29(42)43)14-20-1-5-21(6-2-20)31(33,34)35)41-17-22(39-40-41)18-47-25-9-10-26-28(15-25)48-30(38-26)49(36,44)45/h1-10,15,17,23,27,37H,11-14,16,18H2,(H,42,43)(H2,36,44,45)/t23-,27-/m0/s1. The van der Waals surface area contributed by atoms with Crippen molar-refractivity contribution in [2.24, 2.45) is 5.14 Å². The van der Waals surface area contributed by atoms with E-state index in [1.807, 2.05) is 0 Å². The number of carbonyl (C=O) groups is 1. The number of sulfonamides is 1. The molecule has 2 aromatic heterocycles. The van der Waals surface area contributed by atoms with Crippen LogP contribution in [0.4, 0.5) is 17.6 Å². The SMILES string of the molecule is NS(=O)(=O)c1nc2ccc(OCc3cn([C@H](CN[C@@H](Cc4ccc(C(F)(F)F)cc4)C(=O)O)Cc4ccc(OCCF)cc4)nn3)cc2s1. The van der Waals surface area contributed by atoms with Crippen molar-refractivity contribution in [2.75, 3.05) is 19.8 Å². The van der Waals surface area contributed by atoms with Gasteiger partial charge in [0.1, 0.15) is 43.1 Å². The Morgan fingerprint density at radius 3 is 2.33 bits per heavy atom. The maximum Gasteiger partial charge on any atom is 0.416 e. The number of thiazole rings is 1. The van der Waals surface area contributed by atoms with Gasteiger partial charge in [0.25, 0.3) is 10.0 Å². The van der Waals surface area contributed by atoms with Crippen molar-refractivity contribution in [1.29, 1.82) is 0 Å². The van der Waals surface area contributed by atoms with Crippen LogP contribution < -0.4 is 19.9 Å². The van der Waals surface area contributed by atoms with Gasteiger partial charge in [-0.1, -0.05) is 29.5 Å². The van der Waals surface area contributed by atoms with Crippen molar-refractivity contribution in [1.82, 2.24) is 25.3 Å². The maximum atomic E-state index is 13.0. The number of nitrogens with zero attached hydrogens (tertiary/aromatic N) is 4. The summed E-state index contributed by atoms with van der Waals surface area (Å²) in [5, 5.41) is 26.5. The van der Waals surface area contributed by atoms with Crippen LogP contribution in [-0.2, 0) is 40.4 Å². The molecule has 18 heteroatoms. The third-order valence-electron chi connectivity index (χ3n) is 7.26. The number of fused-ring (bicyclic) bond motifs is 1. The Morgan fingerprint density at radius 1 is 1.00 bits per heavy atom. The summed E-state index contributed by atoms with van der Waals surface area (Å²) in [6, 6.07) is 14.5. The molecule has 0 fully saturated rings. The van der Waals surface area contributed by atoms with E-state index in [9.17, 15) is 35.9 Å². The molecule has 0 aliphatic rings. The summed E-state index contributed by atoms with van der Waals surface area (Å²) in [5.41, 5.74) is 1.30. The number of nitrogens with two attached hydrogens (primary N) is 1. The van der Waals surface area contributed by atoms with Crippen LogP contribution >= 0.6 is 11.3 Å². The summed E-state index contributed by atoms with van der Waals surface area (Å²) in [4.78, 5) is 16.2. The Kier molecular flexibility index (Phi) is 11.1. The van der Waals surface area contributed by atoms with Gasteiger partial charge in [-0.3, -0.25) is 4.79 Å². The lowest BCUT2D eigenvalue weighted by atomic mass is 10.0. The monoisotopic (exact) mass is 722 g/mol. The molecule has 0 saturated heterocycles. The van der Waals surface area contributed by atoms with E-state index < -0.39 is 46.5 Å². The van der Waals surface area contributed by atoms with Gasteiger partial charge in [0.15, 0.2) is 0 Å². The Morgan fingerprint density at radius 2 is 1.67 bits per heavy atom. The molecule has 0 aliphatic carbocycles. The predicted octanol–water partition coefficient (Wildman–Crippen LogP) is 4.55. The van der Waals surface area contributed by atoms with Crippen molar-refractivity contribution >= 4 is 37.5 Å². The number of alkyl halides is 4. The fourth-order valence-electron chi connectivity index (χ4n) is 4.81. The summed E-state index contributed by atoms with van der Waals surface area (Å²) in [6.45, 7) is -0.626. The Labute approximate surface area is 281 Å². The molecule has 2 atom stereocenters. The Hall–Kier alpha value is -4.65. The lowest BCUT2D eigenvalue weighted by Crippen LogP contribution is -2.42. The molecule has 0 aliphatic heterocycles. The van der Waals surface area contributed by atoms with Gasteiger partial charge < -0.3 is 19.9 Å². The lowest BCUT2D eigenvalue weighted by molar-refractivity contribution is -0.140. The summed E-state index contributed by atoms with van der Waals surface area (Å²) >= 11 is 0.911. The number of carboxylic acids is 1. The van der Waals surface area contributed by atoms with Crippen LogP contribution in [0.15, 0.2) is 77.3 Å². The molecule has 2 heterocycles. The number of nitrogens with one attached hydrogen (secondary N) is 1. The highest BCUT2D eigenvalue weighted by molar-refractivity contribution is 7.91. The molecular weight excluding hydrogens is 693 g/mol. The van der Waals surface area contributed by atoms with Gasteiger partial charge in [-0.05, 0) is 66.4 Å². The molecule has 0 spiro atoms. The third kappa shape index (κ3) is 9.71. The largest absolute Gasteiger partial charge is 0.491 e. The number of halogens is 4.